The molecular formula is C13H28N2S. The average molecular weight is 244 g/mol. The summed E-state index contributed by atoms with van der Waals surface area (Å²) >= 11 is 1.92. The van der Waals surface area contributed by atoms with Gasteiger partial charge in [-0.1, -0.05) is 20.8 Å². The molecule has 0 aromatic heterocycles. The highest BCUT2D eigenvalue weighted by Crippen LogP contribution is 2.49. The molecule has 96 valence electrons. The third-order valence-corrected chi connectivity index (χ3v) is 4.90. The second-order valence-electron chi connectivity index (χ2n) is 6.17. The fourth-order valence-electron chi connectivity index (χ4n) is 3.49. The summed E-state index contributed by atoms with van der Waals surface area (Å²) in [5, 5.41) is 0. The van der Waals surface area contributed by atoms with Crippen molar-refractivity contribution in [1.82, 2.24) is 4.90 Å². The monoisotopic (exact) mass is 244 g/mol. The number of nitrogens with two attached hydrogens (primary N) is 1. The van der Waals surface area contributed by atoms with Gasteiger partial charge < -0.3 is 5.73 Å². The second kappa shape index (κ2) is 5.28. The van der Waals surface area contributed by atoms with Crippen LogP contribution in [0.25, 0.3) is 0 Å². The minimum absolute atomic E-state index is 0.235. The second-order valence-corrected chi connectivity index (χ2v) is 7.15. The van der Waals surface area contributed by atoms with Gasteiger partial charge in [0.15, 0.2) is 0 Å². The number of likely N-dealkylation sites (N-methyl/N-ethyl adjacent to an activating group) is 1. The molecular weight excluding hydrogens is 216 g/mol. The van der Waals surface area contributed by atoms with Gasteiger partial charge in [-0.25, -0.2) is 0 Å². The van der Waals surface area contributed by atoms with Crippen LogP contribution in [-0.4, -0.2) is 42.6 Å². The van der Waals surface area contributed by atoms with E-state index in [0.29, 0.717) is 11.3 Å². The zero-order chi connectivity index (χ0) is 12.4. The lowest BCUT2D eigenvalue weighted by atomic mass is 9.85. The maximum Gasteiger partial charge on any atom is 0.0359 e. The summed E-state index contributed by atoms with van der Waals surface area (Å²) in [6, 6.07) is 0. The lowest BCUT2D eigenvalue weighted by Crippen LogP contribution is -2.55. The molecule has 0 radical (unpaired) electrons. The van der Waals surface area contributed by atoms with Crippen LogP contribution >= 0.6 is 11.8 Å². The summed E-state index contributed by atoms with van der Waals surface area (Å²) in [5.74, 6) is 1.91. The van der Waals surface area contributed by atoms with Crippen LogP contribution in [0.15, 0.2) is 0 Å². The van der Waals surface area contributed by atoms with E-state index in [0.717, 1.165) is 13.1 Å². The maximum absolute atomic E-state index is 6.10. The van der Waals surface area contributed by atoms with Gasteiger partial charge in [-0.2, -0.15) is 11.8 Å². The van der Waals surface area contributed by atoms with Crippen molar-refractivity contribution in [2.75, 3.05) is 32.1 Å². The van der Waals surface area contributed by atoms with Gasteiger partial charge in [-0.3, -0.25) is 4.90 Å². The fourth-order valence-corrected chi connectivity index (χ4v) is 3.94. The third kappa shape index (κ3) is 2.74. The van der Waals surface area contributed by atoms with E-state index in [2.05, 4.69) is 39.0 Å². The van der Waals surface area contributed by atoms with E-state index < -0.39 is 0 Å². The minimum Gasteiger partial charge on any atom is -0.329 e. The van der Waals surface area contributed by atoms with Crippen molar-refractivity contribution in [1.29, 1.82) is 0 Å². The highest BCUT2D eigenvalue weighted by Gasteiger charge is 2.49. The number of hydrogen-bond donors (Lipinski definition) is 1. The molecule has 2 N–H and O–H groups in total. The molecule has 1 saturated carbocycles. The van der Waals surface area contributed by atoms with Crippen molar-refractivity contribution in [2.45, 2.75) is 39.2 Å². The summed E-state index contributed by atoms with van der Waals surface area (Å²) in [4.78, 5) is 2.52. The molecule has 1 aliphatic rings. The SMILES string of the molecule is CSCCN(C)C1(CN)CC(C)(C)CC1C. The quantitative estimate of drug-likeness (QED) is 0.805. The van der Waals surface area contributed by atoms with Gasteiger partial charge in [-0.15, -0.1) is 0 Å². The molecule has 3 heteroatoms. The van der Waals surface area contributed by atoms with Crippen molar-refractivity contribution in [2.24, 2.45) is 17.1 Å². The Labute approximate surface area is 105 Å². The molecule has 1 aliphatic carbocycles. The zero-order valence-electron chi connectivity index (χ0n) is 11.5. The van der Waals surface area contributed by atoms with E-state index >= 15 is 0 Å². The Balaban J connectivity index is 2.77. The zero-order valence-corrected chi connectivity index (χ0v) is 12.4. The Kier molecular flexibility index (Phi) is 4.73. The normalized spacial score (nSPS) is 33.6. The summed E-state index contributed by atoms with van der Waals surface area (Å²) in [7, 11) is 2.25. The molecule has 0 spiro atoms. The number of thioether (sulfide) groups is 1. The molecule has 0 heterocycles. The summed E-state index contributed by atoms with van der Waals surface area (Å²) in [6.07, 6.45) is 4.71. The molecule has 2 atom stereocenters. The molecule has 2 unspecified atom stereocenters. The lowest BCUT2D eigenvalue weighted by molar-refractivity contribution is 0.0927. The number of rotatable bonds is 5. The maximum atomic E-state index is 6.10. The van der Waals surface area contributed by atoms with E-state index in [4.69, 9.17) is 5.73 Å². The van der Waals surface area contributed by atoms with Crippen LogP contribution in [-0.2, 0) is 0 Å². The fraction of sp³-hybridized carbons (Fsp3) is 1.00. The number of hydrogen-bond acceptors (Lipinski definition) is 3. The first-order valence-corrected chi connectivity index (χ1v) is 7.67. The highest BCUT2D eigenvalue weighted by molar-refractivity contribution is 7.98. The molecule has 0 aromatic rings. The van der Waals surface area contributed by atoms with Crippen molar-refractivity contribution in [3.05, 3.63) is 0 Å². The largest absolute Gasteiger partial charge is 0.329 e. The molecule has 0 amide bonds. The van der Waals surface area contributed by atoms with E-state index in [-0.39, 0.29) is 5.54 Å². The third-order valence-electron chi connectivity index (χ3n) is 4.31. The molecule has 16 heavy (non-hydrogen) atoms. The standard InChI is InChI=1S/C13H28N2S/c1-11-8-12(2,3)9-13(11,10-14)15(4)6-7-16-5/h11H,6-10,14H2,1-5H3. The van der Waals surface area contributed by atoms with Gasteiger partial charge in [0, 0.05) is 24.4 Å². The smallest absolute Gasteiger partial charge is 0.0359 e. The van der Waals surface area contributed by atoms with Crippen LogP contribution in [0.1, 0.15) is 33.6 Å². The van der Waals surface area contributed by atoms with Crippen molar-refractivity contribution >= 4 is 11.8 Å². The van der Waals surface area contributed by atoms with Gasteiger partial charge in [0.05, 0.1) is 0 Å². The molecule has 0 aliphatic heterocycles. The average Bonchev–Trinajstić information content (AvgIpc) is 2.45. The predicted molar refractivity (Wildman–Crippen MR) is 75.0 cm³/mol. The van der Waals surface area contributed by atoms with Crippen LogP contribution < -0.4 is 5.73 Å². The Morgan fingerprint density at radius 1 is 1.44 bits per heavy atom. The first-order chi connectivity index (χ1) is 7.38. The molecule has 1 fully saturated rings. The topological polar surface area (TPSA) is 29.3 Å². The van der Waals surface area contributed by atoms with E-state index in [1.807, 2.05) is 11.8 Å². The van der Waals surface area contributed by atoms with Crippen LogP contribution in [0, 0.1) is 11.3 Å². The molecule has 0 aromatic carbocycles. The molecule has 2 nitrogen and oxygen atoms in total. The Bertz CT molecular complexity index is 230. The number of nitrogens with zero attached hydrogens (tertiary/aromatic N) is 1. The van der Waals surface area contributed by atoms with Crippen LogP contribution in [0.5, 0.6) is 0 Å². The van der Waals surface area contributed by atoms with E-state index in [9.17, 15) is 0 Å². The Morgan fingerprint density at radius 3 is 2.44 bits per heavy atom. The first-order valence-electron chi connectivity index (χ1n) is 6.28. The summed E-state index contributed by atoms with van der Waals surface area (Å²) in [5.41, 5.74) is 6.79. The van der Waals surface area contributed by atoms with Gasteiger partial charge in [0.1, 0.15) is 0 Å². The van der Waals surface area contributed by atoms with Gasteiger partial charge in [-0.05, 0) is 37.5 Å². The Hall–Kier alpha value is 0.270. The van der Waals surface area contributed by atoms with E-state index in [1.54, 1.807) is 0 Å². The van der Waals surface area contributed by atoms with E-state index in [1.165, 1.54) is 18.6 Å². The molecule has 1 rings (SSSR count). The van der Waals surface area contributed by atoms with Crippen molar-refractivity contribution in [3.8, 4) is 0 Å². The predicted octanol–water partition coefficient (Wildman–Crippen LogP) is 2.43. The molecule has 0 bridgehead atoms. The summed E-state index contributed by atoms with van der Waals surface area (Å²) < 4.78 is 0. The first kappa shape index (κ1) is 14.3. The Morgan fingerprint density at radius 2 is 2.06 bits per heavy atom. The van der Waals surface area contributed by atoms with Crippen LogP contribution in [0.4, 0.5) is 0 Å². The highest BCUT2D eigenvalue weighted by atomic mass is 32.2. The van der Waals surface area contributed by atoms with Gasteiger partial charge in [0.2, 0.25) is 0 Å². The van der Waals surface area contributed by atoms with Gasteiger partial charge >= 0.3 is 0 Å². The van der Waals surface area contributed by atoms with Crippen LogP contribution in [0.2, 0.25) is 0 Å². The van der Waals surface area contributed by atoms with Crippen molar-refractivity contribution in [3.63, 3.8) is 0 Å². The summed E-state index contributed by atoms with van der Waals surface area (Å²) in [6.45, 7) is 9.07. The lowest BCUT2D eigenvalue weighted by Gasteiger charge is -2.42. The van der Waals surface area contributed by atoms with Crippen LogP contribution in [0.3, 0.4) is 0 Å². The molecule has 0 saturated heterocycles. The van der Waals surface area contributed by atoms with Crippen molar-refractivity contribution < 1.29 is 0 Å². The van der Waals surface area contributed by atoms with Gasteiger partial charge in [0.25, 0.3) is 0 Å². The minimum atomic E-state index is 0.235.